The van der Waals surface area contributed by atoms with Crippen LogP contribution in [0, 0.1) is 18.3 Å². The predicted molar refractivity (Wildman–Crippen MR) is 130 cm³/mol. The highest BCUT2D eigenvalue weighted by Gasteiger charge is 2.14. The Morgan fingerprint density at radius 3 is 2.51 bits per heavy atom. The molecule has 1 saturated heterocycles. The number of anilines is 1. The van der Waals surface area contributed by atoms with Gasteiger partial charge >= 0.3 is 0 Å². The molecule has 0 aliphatic carbocycles. The number of ether oxygens (including phenoxy) is 1. The van der Waals surface area contributed by atoms with E-state index in [0.29, 0.717) is 29.2 Å². The minimum Gasteiger partial charge on any atom is -0.379 e. The Bertz CT molecular complexity index is 1390. The lowest BCUT2D eigenvalue weighted by atomic mass is 10.00. The zero-order chi connectivity index (χ0) is 24.2. The normalized spacial score (nSPS) is 14.1. The van der Waals surface area contributed by atoms with Crippen LogP contribution in [0.4, 0.5) is 5.95 Å². The van der Waals surface area contributed by atoms with Crippen LogP contribution in [0.25, 0.3) is 22.6 Å². The van der Waals surface area contributed by atoms with Gasteiger partial charge in [0, 0.05) is 25.2 Å². The summed E-state index contributed by atoms with van der Waals surface area (Å²) in [5, 5.41) is 17.9. The number of hydrogen-bond donors (Lipinski definition) is 1. The molecule has 0 unspecified atom stereocenters. The minimum absolute atomic E-state index is 0.131. The average molecular weight is 468 g/mol. The lowest BCUT2D eigenvalue weighted by molar-refractivity contribution is 0.0336. The number of nitrogens with two attached hydrogens (primary N) is 1. The first kappa shape index (κ1) is 22.6. The SMILES string of the molecule is Cc1c(C#N)cccc1-c1cc(-c2cn(Cc3cccc(CN4CCOCC4)n3)nn2)nc(N)n1. The van der Waals surface area contributed by atoms with Gasteiger partial charge in [-0.2, -0.15) is 5.26 Å². The molecule has 0 atom stereocenters. The molecule has 4 aromatic rings. The molecule has 1 aromatic carbocycles. The molecule has 1 fully saturated rings. The van der Waals surface area contributed by atoms with Crippen LogP contribution < -0.4 is 5.73 Å². The van der Waals surface area contributed by atoms with E-state index in [0.717, 1.165) is 55.4 Å². The quantitative estimate of drug-likeness (QED) is 0.454. The van der Waals surface area contributed by atoms with E-state index in [1.807, 2.05) is 49.5 Å². The van der Waals surface area contributed by atoms with Gasteiger partial charge in [-0.05, 0) is 36.8 Å². The van der Waals surface area contributed by atoms with Crippen LogP contribution in [0.1, 0.15) is 22.5 Å². The maximum Gasteiger partial charge on any atom is 0.221 e. The summed E-state index contributed by atoms with van der Waals surface area (Å²) in [6.07, 6.45) is 1.82. The van der Waals surface area contributed by atoms with Gasteiger partial charge in [-0.25, -0.2) is 14.6 Å². The van der Waals surface area contributed by atoms with Crippen molar-refractivity contribution in [1.82, 2.24) is 34.8 Å². The number of benzene rings is 1. The Balaban J connectivity index is 1.36. The van der Waals surface area contributed by atoms with Crippen molar-refractivity contribution in [2.24, 2.45) is 0 Å². The zero-order valence-electron chi connectivity index (χ0n) is 19.4. The van der Waals surface area contributed by atoms with Gasteiger partial charge < -0.3 is 10.5 Å². The second-order valence-corrected chi connectivity index (χ2v) is 8.40. The summed E-state index contributed by atoms with van der Waals surface area (Å²) < 4.78 is 7.16. The monoisotopic (exact) mass is 467 g/mol. The molecule has 176 valence electrons. The van der Waals surface area contributed by atoms with Crippen molar-refractivity contribution in [1.29, 1.82) is 5.26 Å². The summed E-state index contributed by atoms with van der Waals surface area (Å²) in [6.45, 7) is 6.55. The molecular formula is C25H25N9O. The van der Waals surface area contributed by atoms with Crippen LogP contribution in [0.3, 0.4) is 0 Å². The van der Waals surface area contributed by atoms with Crippen molar-refractivity contribution in [3.63, 3.8) is 0 Å². The first-order chi connectivity index (χ1) is 17.1. The Morgan fingerprint density at radius 1 is 0.971 bits per heavy atom. The molecular weight excluding hydrogens is 442 g/mol. The minimum atomic E-state index is 0.131. The predicted octanol–water partition coefficient (Wildman–Crippen LogP) is 2.44. The number of rotatable bonds is 6. The molecule has 2 N–H and O–H groups in total. The second kappa shape index (κ2) is 9.97. The van der Waals surface area contributed by atoms with E-state index in [-0.39, 0.29) is 5.95 Å². The highest BCUT2D eigenvalue weighted by Crippen LogP contribution is 2.27. The number of aromatic nitrogens is 6. The van der Waals surface area contributed by atoms with Crippen molar-refractivity contribution < 1.29 is 4.74 Å². The summed E-state index contributed by atoms with van der Waals surface area (Å²) >= 11 is 0. The van der Waals surface area contributed by atoms with Gasteiger partial charge in [0.05, 0.1) is 60.4 Å². The molecule has 3 aromatic heterocycles. The van der Waals surface area contributed by atoms with E-state index in [1.165, 1.54) is 0 Å². The highest BCUT2D eigenvalue weighted by atomic mass is 16.5. The van der Waals surface area contributed by atoms with Crippen molar-refractivity contribution in [3.8, 4) is 28.7 Å². The van der Waals surface area contributed by atoms with Crippen molar-refractivity contribution in [3.05, 3.63) is 71.2 Å². The first-order valence-corrected chi connectivity index (χ1v) is 11.4. The first-order valence-electron chi connectivity index (χ1n) is 11.4. The number of nitrogen functional groups attached to an aromatic ring is 1. The van der Waals surface area contributed by atoms with E-state index in [9.17, 15) is 5.26 Å². The van der Waals surface area contributed by atoms with Crippen LogP contribution in [-0.2, 0) is 17.8 Å². The molecule has 5 rings (SSSR count). The third-order valence-electron chi connectivity index (χ3n) is 5.95. The van der Waals surface area contributed by atoms with Gasteiger partial charge in [0.1, 0.15) is 5.69 Å². The van der Waals surface area contributed by atoms with Gasteiger partial charge in [-0.3, -0.25) is 9.88 Å². The maximum atomic E-state index is 9.36. The van der Waals surface area contributed by atoms with Crippen LogP contribution in [0.5, 0.6) is 0 Å². The van der Waals surface area contributed by atoms with Gasteiger partial charge in [0.15, 0.2) is 0 Å². The van der Waals surface area contributed by atoms with Crippen LogP contribution in [0.2, 0.25) is 0 Å². The third kappa shape index (κ3) is 5.16. The van der Waals surface area contributed by atoms with E-state index in [4.69, 9.17) is 15.5 Å². The van der Waals surface area contributed by atoms with E-state index in [1.54, 1.807) is 10.7 Å². The molecule has 10 nitrogen and oxygen atoms in total. The lowest BCUT2D eigenvalue weighted by Gasteiger charge is -2.26. The smallest absolute Gasteiger partial charge is 0.221 e. The molecule has 1 aliphatic rings. The van der Waals surface area contributed by atoms with Crippen LogP contribution in [0.15, 0.2) is 48.7 Å². The summed E-state index contributed by atoms with van der Waals surface area (Å²) in [4.78, 5) is 15.9. The molecule has 1 aliphatic heterocycles. The Labute approximate surface area is 203 Å². The second-order valence-electron chi connectivity index (χ2n) is 8.40. The largest absolute Gasteiger partial charge is 0.379 e. The molecule has 0 saturated carbocycles. The van der Waals surface area contributed by atoms with Gasteiger partial charge in [0.25, 0.3) is 0 Å². The molecule has 35 heavy (non-hydrogen) atoms. The van der Waals surface area contributed by atoms with E-state index in [2.05, 4.69) is 31.2 Å². The van der Waals surface area contributed by atoms with Gasteiger partial charge in [-0.1, -0.05) is 23.4 Å². The van der Waals surface area contributed by atoms with Crippen LogP contribution >= 0.6 is 0 Å². The van der Waals surface area contributed by atoms with Crippen molar-refractivity contribution in [2.75, 3.05) is 32.0 Å². The fourth-order valence-corrected chi connectivity index (χ4v) is 4.12. The zero-order valence-corrected chi connectivity index (χ0v) is 19.4. The molecule has 0 bridgehead atoms. The molecule has 4 heterocycles. The number of hydrogen-bond acceptors (Lipinski definition) is 9. The fourth-order valence-electron chi connectivity index (χ4n) is 4.12. The van der Waals surface area contributed by atoms with Crippen LogP contribution in [-0.4, -0.2) is 61.1 Å². The lowest BCUT2D eigenvalue weighted by Crippen LogP contribution is -2.35. The number of nitriles is 1. The number of nitrogens with zero attached hydrogens (tertiary/aromatic N) is 8. The molecule has 0 spiro atoms. The fraction of sp³-hybridized carbons (Fsp3) is 0.280. The topological polar surface area (TPSA) is 132 Å². The average Bonchev–Trinajstić information content (AvgIpc) is 3.33. The van der Waals surface area contributed by atoms with Crippen molar-refractivity contribution >= 4 is 5.95 Å². The van der Waals surface area contributed by atoms with E-state index >= 15 is 0 Å². The standard InChI is InChI=1S/C25H25N9O/c1-17-18(13-26)4-2-7-21(17)22-12-23(30-25(27)29-22)24-16-34(32-31-24)15-20-6-3-5-19(28-20)14-33-8-10-35-11-9-33/h2-7,12,16H,8-11,14-15H2,1H3,(H2,27,29,30). The summed E-state index contributed by atoms with van der Waals surface area (Å²) in [5.41, 5.74) is 12.0. The summed E-state index contributed by atoms with van der Waals surface area (Å²) in [6, 6.07) is 15.6. The number of pyridine rings is 1. The summed E-state index contributed by atoms with van der Waals surface area (Å²) in [5.74, 6) is 0.131. The Hall–Kier alpha value is -4.20. The highest BCUT2D eigenvalue weighted by molar-refractivity contribution is 5.71. The van der Waals surface area contributed by atoms with Gasteiger partial charge in [0.2, 0.25) is 5.95 Å². The van der Waals surface area contributed by atoms with Crippen molar-refractivity contribution in [2.45, 2.75) is 20.0 Å². The van der Waals surface area contributed by atoms with Gasteiger partial charge in [-0.15, -0.1) is 5.10 Å². The molecule has 10 heteroatoms. The number of morpholine rings is 1. The molecule has 0 amide bonds. The Morgan fingerprint density at radius 2 is 1.71 bits per heavy atom. The maximum absolute atomic E-state index is 9.36. The Kier molecular flexibility index (Phi) is 6.43. The third-order valence-corrected chi connectivity index (χ3v) is 5.95. The summed E-state index contributed by atoms with van der Waals surface area (Å²) in [7, 11) is 0. The molecule has 0 radical (unpaired) electrons. The van der Waals surface area contributed by atoms with E-state index < -0.39 is 0 Å².